The zero-order valence-corrected chi connectivity index (χ0v) is 12.5. The Kier molecular flexibility index (Phi) is 4.85. The zero-order valence-electron chi connectivity index (χ0n) is 11.7. The molecule has 0 bridgehead atoms. The Morgan fingerprint density at radius 1 is 1.10 bits per heavy atom. The zero-order chi connectivity index (χ0) is 14.5. The lowest BCUT2D eigenvalue weighted by molar-refractivity contribution is 0.0992. The highest BCUT2D eigenvalue weighted by Gasteiger charge is 2.21. The van der Waals surface area contributed by atoms with Crippen LogP contribution in [0.3, 0.4) is 0 Å². The molecule has 0 aliphatic carbocycles. The average molecular weight is 286 g/mol. The number of benzene rings is 2. The molecule has 2 atom stereocenters. The molecule has 2 unspecified atom stereocenters. The Labute approximate surface area is 122 Å². The molecule has 0 spiro atoms. The second kappa shape index (κ2) is 6.62. The Morgan fingerprint density at radius 3 is 2.45 bits per heavy atom. The average Bonchev–Trinajstić information content (AvgIpc) is 2.46. The van der Waals surface area contributed by atoms with E-state index in [9.17, 15) is 9.00 Å². The van der Waals surface area contributed by atoms with E-state index in [2.05, 4.69) is 0 Å². The van der Waals surface area contributed by atoms with Gasteiger partial charge in [0.05, 0.1) is 5.25 Å². The quantitative estimate of drug-likeness (QED) is 0.788. The van der Waals surface area contributed by atoms with E-state index in [0.29, 0.717) is 11.3 Å². The molecule has 20 heavy (non-hydrogen) atoms. The fraction of sp³-hybridized carbons (Fsp3) is 0.235. The number of Topliss-reactive ketones (excluding diaryl/α,β-unsaturated/α-hetero) is 1. The third kappa shape index (κ3) is 3.64. The maximum absolute atomic E-state index is 12.3. The van der Waals surface area contributed by atoms with Gasteiger partial charge in [-0.25, -0.2) is 0 Å². The number of hydrogen-bond donors (Lipinski definition) is 0. The lowest BCUT2D eigenvalue weighted by Crippen LogP contribution is -2.23. The molecule has 0 saturated carbocycles. The predicted octanol–water partition coefficient (Wildman–Crippen LogP) is 3.52. The van der Waals surface area contributed by atoms with Crippen LogP contribution in [-0.2, 0) is 16.6 Å². The van der Waals surface area contributed by atoms with Gasteiger partial charge in [-0.3, -0.25) is 9.00 Å². The molecule has 104 valence electrons. The van der Waals surface area contributed by atoms with Crippen molar-refractivity contribution >= 4 is 16.6 Å². The van der Waals surface area contributed by atoms with Crippen molar-refractivity contribution in [3.63, 3.8) is 0 Å². The van der Waals surface area contributed by atoms with Crippen molar-refractivity contribution in [1.29, 1.82) is 0 Å². The van der Waals surface area contributed by atoms with E-state index >= 15 is 0 Å². The van der Waals surface area contributed by atoms with Gasteiger partial charge in [-0.05, 0) is 19.4 Å². The molecule has 0 N–H and O–H groups in total. The predicted molar refractivity (Wildman–Crippen MR) is 83.3 cm³/mol. The van der Waals surface area contributed by atoms with Gasteiger partial charge in [-0.15, -0.1) is 0 Å². The fourth-order valence-electron chi connectivity index (χ4n) is 2.05. The number of rotatable bonds is 5. The number of hydrogen-bond acceptors (Lipinski definition) is 2. The smallest absolute Gasteiger partial charge is 0.178 e. The fourth-order valence-corrected chi connectivity index (χ4v) is 3.18. The van der Waals surface area contributed by atoms with Crippen LogP contribution < -0.4 is 0 Å². The van der Waals surface area contributed by atoms with Crippen LogP contribution >= 0.6 is 0 Å². The van der Waals surface area contributed by atoms with Crippen molar-refractivity contribution in [2.45, 2.75) is 24.9 Å². The van der Waals surface area contributed by atoms with Gasteiger partial charge in [-0.2, -0.15) is 0 Å². The van der Waals surface area contributed by atoms with Gasteiger partial charge in [0.2, 0.25) is 0 Å². The molecule has 0 amide bonds. The van der Waals surface area contributed by atoms with E-state index in [1.807, 2.05) is 49.4 Å². The van der Waals surface area contributed by atoms with Crippen molar-refractivity contribution in [1.82, 2.24) is 0 Å². The molecule has 2 rings (SSSR count). The first-order valence-corrected chi connectivity index (χ1v) is 7.98. The van der Waals surface area contributed by atoms with Gasteiger partial charge in [0, 0.05) is 22.1 Å². The maximum atomic E-state index is 12.3. The molecule has 2 nitrogen and oxygen atoms in total. The SMILES string of the molecule is Cc1cccc(CS(=O)C(C)C(=O)c2ccccc2)c1. The number of carbonyl (C=O) groups is 1. The number of carbonyl (C=O) groups excluding carboxylic acids is 1. The summed E-state index contributed by atoms with van der Waals surface area (Å²) in [4.78, 5) is 12.3. The van der Waals surface area contributed by atoms with Gasteiger partial charge in [0.15, 0.2) is 5.78 Å². The van der Waals surface area contributed by atoms with Crippen molar-refractivity contribution in [2.75, 3.05) is 0 Å². The summed E-state index contributed by atoms with van der Waals surface area (Å²) in [5.74, 6) is 0.359. The second-order valence-electron chi connectivity index (χ2n) is 4.89. The number of aryl methyl sites for hydroxylation is 1. The van der Waals surface area contributed by atoms with Gasteiger partial charge in [0.1, 0.15) is 0 Å². The van der Waals surface area contributed by atoms with Crippen LogP contribution in [0.4, 0.5) is 0 Å². The van der Waals surface area contributed by atoms with Crippen molar-refractivity contribution in [3.05, 3.63) is 71.3 Å². The van der Waals surface area contributed by atoms with Crippen LogP contribution in [0.2, 0.25) is 0 Å². The Morgan fingerprint density at radius 2 is 1.80 bits per heavy atom. The van der Waals surface area contributed by atoms with Crippen LogP contribution in [0.1, 0.15) is 28.4 Å². The molecular formula is C17H18O2S. The highest BCUT2D eigenvalue weighted by atomic mass is 32.2. The van der Waals surface area contributed by atoms with Crippen molar-refractivity contribution < 1.29 is 9.00 Å². The van der Waals surface area contributed by atoms with Crippen LogP contribution in [-0.4, -0.2) is 15.2 Å². The van der Waals surface area contributed by atoms with Gasteiger partial charge in [-0.1, -0.05) is 60.2 Å². The van der Waals surface area contributed by atoms with E-state index in [1.54, 1.807) is 19.1 Å². The molecule has 2 aromatic carbocycles. The lowest BCUT2D eigenvalue weighted by Gasteiger charge is -2.11. The number of ketones is 1. The summed E-state index contributed by atoms with van der Waals surface area (Å²) in [6.07, 6.45) is 0. The first-order valence-electron chi connectivity index (χ1n) is 6.60. The van der Waals surface area contributed by atoms with Crippen LogP contribution in [0.15, 0.2) is 54.6 Å². The Bertz CT molecular complexity index is 620. The summed E-state index contributed by atoms with van der Waals surface area (Å²) in [6, 6.07) is 17.0. The molecule has 0 radical (unpaired) electrons. The molecule has 0 aliphatic heterocycles. The minimum absolute atomic E-state index is 0.0587. The van der Waals surface area contributed by atoms with Gasteiger partial charge >= 0.3 is 0 Å². The van der Waals surface area contributed by atoms with Gasteiger partial charge < -0.3 is 0 Å². The van der Waals surface area contributed by atoms with E-state index in [-0.39, 0.29) is 5.78 Å². The Hall–Kier alpha value is -1.74. The normalized spacial score (nSPS) is 13.7. The van der Waals surface area contributed by atoms with E-state index < -0.39 is 16.0 Å². The summed E-state index contributed by atoms with van der Waals surface area (Å²) >= 11 is 0. The van der Waals surface area contributed by atoms with Crippen molar-refractivity contribution in [2.24, 2.45) is 0 Å². The molecule has 0 fully saturated rings. The summed E-state index contributed by atoms with van der Waals surface area (Å²) in [6.45, 7) is 3.74. The second-order valence-corrected chi connectivity index (χ2v) is 6.64. The summed E-state index contributed by atoms with van der Waals surface area (Å²) in [7, 11) is -1.20. The van der Waals surface area contributed by atoms with E-state index in [0.717, 1.165) is 11.1 Å². The lowest BCUT2D eigenvalue weighted by atomic mass is 10.1. The molecule has 0 saturated heterocycles. The molecule has 0 heterocycles. The minimum atomic E-state index is -1.20. The topological polar surface area (TPSA) is 34.1 Å². The summed E-state index contributed by atoms with van der Waals surface area (Å²) in [5, 5.41) is -0.488. The molecule has 3 heteroatoms. The summed E-state index contributed by atoms with van der Waals surface area (Å²) in [5.41, 5.74) is 2.77. The largest absolute Gasteiger partial charge is 0.293 e. The third-order valence-electron chi connectivity index (χ3n) is 3.21. The Balaban J connectivity index is 2.07. The highest BCUT2D eigenvalue weighted by Crippen LogP contribution is 2.13. The summed E-state index contributed by atoms with van der Waals surface area (Å²) < 4.78 is 12.3. The van der Waals surface area contributed by atoms with Gasteiger partial charge in [0.25, 0.3) is 0 Å². The molecular weight excluding hydrogens is 268 g/mol. The van der Waals surface area contributed by atoms with E-state index in [1.165, 1.54) is 0 Å². The molecule has 0 aliphatic rings. The first kappa shape index (κ1) is 14.7. The van der Waals surface area contributed by atoms with Crippen LogP contribution in [0.25, 0.3) is 0 Å². The van der Waals surface area contributed by atoms with Crippen LogP contribution in [0.5, 0.6) is 0 Å². The molecule has 0 aromatic heterocycles. The first-order chi connectivity index (χ1) is 9.58. The van der Waals surface area contributed by atoms with Crippen LogP contribution in [0, 0.1) is 6.92 Å². The third-order valence-corrected chi connectivity index (χ3v) is 4.83. The van der Waals surface area contributed by atoms with Crippen molar-refractivity contribution in [3.8, 4) is 0 Å². The molecule has 2 aromatic rings. The standard InChI is InChI=1S/C17H18O2S/c1-13-7-6-8-15(11-13)12-20(19)14(2)17(18)16-9-4-3-5-10-16/h3-11,14H,12H2,1-2H3. The highest BCUT2D eigenvalue weighted by molar-refractivity contribution is 7.85. The van der Waals surface area contributed by atoms with E-state index in [4.69, 9.17) is 0 Å². The maximum Gasteiger partial charge on any atom is 0.178 e. The monoisotopic (exact) mass is 286 g/mol. The minimum Gasteiger partial charge on any atom is -0.293 e.